The van der Waals surface area contributed by atoms with E-state index in [-0.39, 0.29) is 34.9 Å². The number of halogens is 4. The average Bonchev–Trinajstić information content (AvgIpc) is 2.73. The molecule has 0 aromatic heterocycles. The van der Waals surface area contributed by atoms with Gasteiger partial charge in [-0.1, -0.05) is 12.6 Å². The molecule has 0 unspecified atom stereocenters. The molecule has 0 saturated carbocycles. The van der Waals surface area contributed by atoms with Gasteiger partial charge in [0, 0.05) is 42.3 Å². The Labute approximate surface area is 198 Å². The van der Waals surface area contributed by atoms with Crippen LogP contribution in [-0.2, 0) is 25.9 Å². The highest BCUT2D eigenvalue weighted by Crippen LogP contribution is 2.36. The second-order valence-electron chi connectivity index (χ2n) is 6.80. The molecule has 2 rings (SSSR count). The number of methoxy groups -OCH3 is 3. The smallest absolute Gasteiger partial charge is 0.257 e. The van der Waals surface area contributed by atoms with E-state index in [0.717, 1.165) is 0 Å². The Kier molecular flexibility index (Phi) is 9.37. The van der Waals surface area contributed by atoms with Gasteiger partial charge in [-0.25, -0.2) is 21.6 Å². The molecule has 0 radical (unpaired) electrons. The standard InChI is InChI=1S/C21H23F3INO5S/c1-12(7-15(30-3)11-29-2)32(27,28)26-21-16(20(24)18(23)10-19(21)31-4)8-13-5-6-14(25)9-17(13)22/h5-6,9-10,15,26H,1,7-8,11H2,2-4H3/t15-/m0/s1. The normalized spacial score (nSPS) is 12.5. The number of ether oxygens (including phenoxy) is 3. The SMILES string of the molecule is C=C(C[C@@H](COC)OC)S(=O)(=O)Nc1c(OC)cc(F)c(F)c1Cc1ccc(I)cc1F. The summed E-state index contributed by atoms with van der Waals surface area (Å²) in [6, 6.07) is 4.96. The van der Waals surface area contributed by atoms with Crippen LogP contribution in [0.25, 0.3) is 0 Å². The third-order valence-corrected chi connectivity index (χ3v) is 6.71. The van der Waals surface area contributed by atoms with Crippen molar-refractivity contribution in [2.24, 2.45) is 0 Å². The Bertz CT molecular complexity index is 1100. The van der Waals surface area contributed by atoms with Gasteiger partial charge in [0.15, 0.2) is 11.6 Å². The molecule has 176 valence electrons. The summed E-state index contributed by atoms with van der Waals surface area (Å²) in [4.78, 5) is -0.264. The largest absolute Gasteiger partial charge is 0.494 e. The van der Waals surface area contributed by atoms with Crippen LogP contribution in [0.4, 0.5) is 18.9 Å². The fourth-order valence-corrected chi connectivity index (χ4v) is 4.41. The number of hydrogen-bond donors (Lipinski definition) is 1. The van der Waals surface area contributed by atoms with Crippen LogP contribution in [-0.4, -0.2) is 42.5 Å². The molecule has 0 aliphatic heterocycles. The minimum atomic E-state index is -4.27. The number of hydrogen-bond acceptors (Lipinski definition) is 5. The van der Waals surface area contributed by atoms with E-state index in [1.807, 2.05) is 22.6 Å². The minimum absolute atomic E-state index is 0.0517. The summed E-state index contributed by atoms with van der Waals surface area (Å²) in [5.74, 6) is -3.48. The second kappa shape index (κ2) is 11.3. The number of rotatable bonds is 11. The lowest BCUT2D eigenvalue weighted by Gasteiger charge is -2.20. The zero-order valence-corrected chi connectivity index (χ0v) is 20.7. The van der Waals surface area contributed by atoms with Crippen molar-refractivity contribution in [2.75, 3.05) is 32.7 Å². The van der Waals surface area contributed by atoms with Gasteiger partial charge >= 0.3 is 0 Å². The van der Waals surface area contributed by atoms with E-state index in [0.29, 0.717) is 9.64 Å². The predicted molar refractivity (Wildman–Crippen MR) is 124 cm³/mol. The van der Waals surface area contributed by atoms with Crippen molar-refractivity contribution in [3.8, 4) is 5.75 Å². The summed E-state index contributed by atoms with van der Waals surface area (Å²) in [5.41, 5.74) is -0.694. The van der Waals surface area contributed by atoms with E-state index >= 15 is 0 Å². The van der Waals surface area contributed by atoms with Crippen molar-refractivity contribution in [3.63, 3.8) is 0 Å². The number of nitrogens with one attached hydrogen (secondary N) is 1. The molecule has 32 heavy (non-hydrogen) atoms. The van der Waals surface area contributed by atoms with Crippen LogP contribution in [0.3, 0.4) is 0 Å². The third kappa shape index (κ3) is 6.36. The van der Waals surface area contributed by atoms with E-state index < -0.39 is 45.6 Å². The molecular weight excluding hydrogens is 562 g/mol. The van der Waals surface area contributed by atoms with Crippen molar-refractivity contribution in [3.05, 3.63) is 67.9 Å². The van der Waals surface area contributed by atoms with Gasteiger partial charge < -0.3 is 14.2 Å². The first kappa shape index (κ1) is 26.4. The Hall–Kier alpha value is -1.83. The summed E-state index contributed by atoms with van der Waals surface area (Å²) in [5, 5.41) is 0. The molecule has 2 aromatic carbocycles. The Morgan fingerprint density at radius 3 is 2.41 bits per heavy atom. The highest BCUT2D eigenvalue weighted by molar-refractivity contribution is 14.1. The summed E-state index contributed by atoms with van der Waals surface area (Å²) in [6.07, 6.45) is -1.11. The Morgan fingerprint density at radius 2 is 1.84 bits per heavy atom. The first-order valence-corrected chi connectivity index (χ1v) is 11.8. The lowest BCUT2D eigenvalue weighted by atomic mass is 10.0. The summed E-state index contributed by atoms with van der Waals surface area (Å²) >= 11 is 1.91. The minimum Gasteiger partial charge on any atom is -0.494 e. The summed E-state index contributed by atoms with van der Waals surface area (Å²) in [6.45, 7) is 3.69. The molecule has 0 heterocycles. The van der Waals surface area contributed by atoms with Crippen LogP contribution in [0.1, 0.15) is 17.5 Å². The molecule has 11 heteroatoms. The molecule has 0 fully saturated rings. The van der Waals surface area contributed by atoms with Gasteiger partial charge in [0.2, 0.25) is 0 Å². The quantitative estimate of drug-likeness (QED) is 0.390. The number of benzene rings is 2. The number of sulfonamides is 1. The molecule has 0 spiro atoms. The second-order valence-corrected chi connectivity index (χ2v) is 9.84. The molecule has 6 nitrogen and oxygen atoms in total. The van der Waals surface area contributed by atoms with Gasteiger partial charge in [-0.15, -0.1) is 0 Å². The van der Waals surface area contributed by atoms with Gasteiger partial charge in [-0.2, -0.15) is 0 Å². The zero-order chi connectivity index (χ0) is 24.1. The monoisotopic (exact) mass is 585 g/mol. The summed E-state index contributed by atoms with van der Waals surface area (Å²) < 4.78 is 87.1. The topological polar surface area (TPSA) is 73.9 Å². The highest BCUT2D eigenvalue weighted by Gasteiger charge is 2.27. The van der Waals surface area contributed by atoms with Crippen LogP contribution in [0.2, 0.25) is 0 Å². The van der Waals surface area contributed by atoms with Crippen molar-refractivity contribution in [1.82, 2.24) is 0 Å². The van der Waals surface area contributed by atoms with E-state index in [1.165, 1.54) is 33.5 Å². The van der Waals surface area contributed by atoms with Crippen LogP contribution in [0.15, 0.2) is 35.7 Å². The molecule has 0 saturated heterocycles. The van der Waals surface area contributed by atoms with Crippen LogP contribution in [0.5, 0.6) is 5.75 Å². The van der Waals surface area contributed by atoms with Gasteiger partial charge in [0.1, 0.15) is 11.6 Å². The lowest BCUT2D eigenvalue weighted by molar-refractivity contribution is 0.0299. The van der Waals surface area contributed by atoms with E-state index in [9.17, 15) is 21.6 Å². The maximum absolute atomic E-state index is 14.8. The molecule has 2 aromatic rings. The molecule has 0 aliphatic rings. The van der Waals surface area contributed by atoms with Crippen molar-refractivity contribution >= 4 is 38.3 Å². The zero-order valence-electron chi connectivity index (χ0n) is 17.7. The van der Waals surface area contributed by atoms with Gasteiger partial charge in [-0.3, -0.25) is 4.72 Å². The predicted octanol–water partition coefficient (Wildman–Crippen LogP) is 4.61. The van der Waals surface area contributed by atoms with Gasteiger partial charge in [0.25, 0.3) is 10.0 Å². The van der Waals surface area contributed by atoms with Crippen LogP contribution in [0, 0.1) is 21.0 Å². The molecule has 1 atom stereocenters. The van der Waals surface area contributed by atoms with E-state index in [4.69, 9.17) is 14.2 Å². The maximum atomic E-state index is 14.8. The number of anilines is 1. The molecular formula is C21H23F3INO5S. The molecule has 0 bridgehead atoms. The van der Waals surface area contributed by atoms with Gasteiger partial charge in [-0.05, 0) is 40.3 Å². The maximum Gasteiger partial charge on any atom is 0.257 e. The lowest BCUT2D eigenvalue weighted by Crippen LogP contribution is -2.23. The molecule has 0 aliphatic carbocycles. The first-order valence-electron chi connectivity index (χ1n) is 9.25. The third-order valence-electron chi connectivity index (χ3n) is 4.64. The molecule has 0 amide bonds. The summed E-state index contributed by atoms with van der Waals surface area (Å²) in [7, 11) is -0.274. The fourth-order valence-electron chi connectivity index (χ4n) is 2.91. The molecule has 1 N–H and O–H groups in total. The Morgan fingerprint density at radius 1 is 1.16 bits per heavy atom. The van der Waals surface area contributed by atoms with Crippen molar-refractivity contribution < 1.29 is 35.8 Å². The van der Waals surface area contributed by atoms with Gasteiger partial charge in [0.05, 0.1) is 30.4 Å². The highest BCUT2D eigenvalue weighted by atomic mass is 127. The first-order chi connectivity index (χ1) is 15.0. The average molecular weight is 585 g/mol. The van der Waals surface area contributed by atoms with E-state index in [1.54, 1.807) is 6.07 Å². The van der Waals surface area contributed by atoms with Crippen molar-refractivity contribution in [1.29, 1.82) is 0 Å². The van der Waals surface area contributed by atoms with E-state index in [2.05, 4.69) is 11.3 Å². The van der Waals surface area contributed by atoms with Crippen LogP contribution >= 0.6 is 22.6 Å². The Balaban J connectivity index is 2.49. The van der Waals surface area contributed by atoms with Crippen molar-refractivity contribution in [2.45, 2.75) is 18.9 Å². The van der Waals surface area contributed by atoms with Crippen LogP contribution < -0.4 is 9.46 Å². The fraction of sp³-hybridized carbons (Fsp3) is 0.333.